The van der Waals surface area contributed by atoms with Crippen molar-refractivity contribution in [1.82, 2.24) is 9.55 Å². The molecule has 0 saturated carbocycles. The third-order valence-electron chi connectivity index (χ3n) is 10.2. The van der Waals surface area contributed by atoms with Gasteiger partial charge in [0.1, 0.15) is 5.82 Å². The minimum absolute atomic E-state index is 0.926. The molecule has 1 aromatic heterocycles. The van der Waals surface area contributed by atoms with Gasteiger partial charge < -0.3 is 0 Å². The molecule has 0 aliphatic heterocycles. The fourth-order valence-corrected chi connectivity index (χ4v) is 7.96. The Balaban J connectivity index is 1.25. The Morgan fingerprint density at radius 2 is 0.843 bits per heavy atom. The maximum Gasteiger partial charge on any atom is 0.145 e. The predicted molar refractivity (Wildman–Crippen MR) is 215 cm³/mol. The smallest absolute Gasteiger partial charge is 0.145 e. The second-order valence-electron chi connectivity index (χ2n) is 13.1. The molecule has 1 heterocycles. The standard InChI is InChI=1S/C49H32N2/c1-3-16-33(17-4-1)35-20-15-21-36(32-35)49-50-44-28-13-14-29-46(44)51(49)45-31-30-43(37-22-7-8-23-38(37)45)48-41-26-11-9-24-39(41)47(34-18-5-2-6-19-34)40-25-10-12-27-42(40)48/h1-32H. The molecular weight excluding hydrogens is 617 g/mol. The second-order valence-corrected chi connectivity index (χ2v) is 13.1. The highest BCUT2D eigenvalue weighted by Crippen LogP contribution is 2.46. The van der Waals surface area contributed by atoms with Crippen LogP contribution in [-0.2, 0) is 0 Å². The average molecular weight is 649 g/mol. The number of hydrogen-bond acceptors (Lipinski definition) is 1. The minimum Gasteiger partial charge on any atom is -0.292 e. The Hall–Kier alpha value is -6.77. The molecule has 0 unspecified atom stereocenters. The van der Waals surface area contributed by atoms with Crippen molar-refractivity contribution in [3.8, 4) is 50.5 Å². The van der Waals surface area contributed by atoms with Crippen LogP contribution in [-0.4, -0.2) is 9.55 Å². The Labute approximate surface area is 296 Å². The number of benzene rings is 9. The van der Waals surface area contributed by atoms with Crippen molar-refractivity contribution in [1.29, 1.82) is 0 Å². The summed E-state index contributed by atoms with van der Waals surface area (Å²) in [6, 6.07) is 69.8. The molecule has 0 fully saturated rings. The normalized spacial score (nSPS) is 11.5. The van der Waals surface area contributed by atoms with Gasteiger partial charge in [-0.25, -0.2) is 4.98 Å². The summed E-state index contributed by atoms with van der Waals surface area (Å²) < 4.78 is 2.35. The first-order valence-electron chi connectivity index (χ1n) is 17.5. The Kier molecular flexibility index (Phi) is 6.85. The largest absolute Gasteiger partial charge is 0.292 e. The fraction of sp³-hybridized carbons (Fsp3) is 0. The van der Waals surface area contributed by atoms with Crippen LogP contribution in [0.1, 0.15) is 0 Å². The molecule has 0 saturated heterocycles. The van der Waals surface area contributed by atoms with Crippen LogP contribution in [0.3, 0.4) is 0 Å². The lowest BCUT2D eigenvalue weighted by Gasteiger charge is -2.20. The van der Waals surface area contributed by atoms with Gasteiger partial charge in [0.05, 0.1) is 16.7 Å². The van der Waals surface area contributed by atoms with E-state index in [1.54, 1.807) is 0 Å². The zero-order valence-corrected chi connectivity index (χ0v) is 27.9. The van der Waals surface area contributed by atoms with Gasteiger partial charge in [-0.3, -0.25) is 4.57 Å². The highest BCUT2D eigenvalue weighted by atomic mass is 15.1. The molecule has 0 atom stereocenters. The Morgan fingerprint density at radius 3 is 1.53 bits per heavy atom. The monoisotopic (exact) mass is 648 g/mol. The summed E-state index contributed by atoms with van der Waals surface area (Å²) >= 11 is 0. The van der Waals surface area contributed by atoms with Gasteiger partial charge in [-0.05, 0) is 84.6 Å². The van der Waals surface area contributed by atoms with Gasteiger partial charge in [0.2, 0.25) is 0 Å². The van der Waals surface area contributed by atoms with Gasteiger partial charge in [0, 0.05) is 10.9 Å². The third kappa shape index (κ3) is 4.76. The number of imidazole rings is 1. The summed E-state index contributed by atoms with van der Waals surface area (Å²) in [7, 11) is 0. The van der Waals surface area contributed by atoms with Gasteiger partial charge in [-0.2, -0.15) is 0 Å². The quantitative estimate of drug-likeness (QED) is 0.170. The first-order chi connectivity index (χ1) is 25.3. The molecule has 0 N–H and O–H groups in total. The maximum atomic E-state index is 5.26. The molecule has 2 heteroatoms. The van der Waals surface area contributed by atoms with Crippen LogP contribution in [0.15, 0.2) is 194 Å². The molecule has 0 amide bonds. The fourth-order valence-electron chi connectivity index (χ4n) is 7.96. The summed E-state index contributed by atoms with van der Waals surface area (Å²) in [6.07, 6.45) is 0. The van der Waals surface area contributed by atoms with Crippen LogP contribution in [0.2, 0.25) is 0 Å². The second kappa shape index (κ2) is 12.0. The predicted octanol–water partition coefficient (Wildman–Crippen LogP) is 13.2. The van der Waals surface area contributed by atoms with E-state index in [4.69, 9.17) is 4.98 Å². The zero-order chi connectivity index (χ0) is 33.7. The van der Waals surface area contributed by atoms with Gasteiger partial charge >= 0.3 is 0 Å². The number of hydrogen-bond donors (Lipinski definition) is 0. The van der Waals surface area contributed by atoms with E-state index in [1.165, 1.54) is 65.7 Å². The van der Waals surface area contributed by atoms with Crippen LogP contribution in [0.5, 0.6) is 0 Å². The van der Waals surface area contributed by atoms with E-state index in [-0.39, 0.29) is 0 Å². The maximum absolute atomic E-state index is 5.26. The van der Waals surface area contributed by atoms with E-state index in [1.807, 2.05) is 0 Å². The summed E-state index contributed by atoms with van der Waals surface area (Å²) in [6.45, 7) is 0. The van der Waals surface area contributed by atoms with Crippen molar-refractivity contribution in [2.75, 3.05) is 0 Å². The number of fused-ring (bicyclic) bond motifs is 4. The lowest BCUT2D eigenvalue weighted by atomic mass is 9.84. The first-order valence-corrected chi connectivity index (χ1v) is 17.5. The van der Waals surface area contributed by atoms with E-state index >= 15 is 0 Å². The van der Waals surface area contributed by atoms with Gasteiger partial charge in [-0.1, -0.05) is 170 Å². The van der Waals surface area contributed by atoms with E-state index in [0.29, 0.717) is 0 Å². The average Bonchev–Trinajstić information content (AvgIpc) is 3.60. The third-order valence-corrected chi connectivity index (χ3v) is 10.2. The van der Waals surface area contributed by atoms with Crippen molar-refractivity contribution in [3.63, 3.8) is 0 Å². The molecule has 51 heavy (non-hydrogen) atoms. The van der Waals surface area contributed by atoms with Crippen LogP contribution < -0.4 is 0 Å². The molecule has 10 aromatic rings. The molecule has 2 nitrogen and oxygen atoms in total. The molecule has 238 valence electrons. The van der Waals surface area contributed by atoms with Crippen LogP contribution >= 0.6 is 0 Å². The number of nitrogens with zero attached hydrogens (tertiary/aromatic N) is 2. The van der Waals surface area contributed by atoms with Crippen molar-refractivity contribution in [2.24, 2.45) is 0 Å². The van der Waals surface area contributed by atoms with E-state index < -0.39 is 0 Å². The van der Waals surface area contributed by atoms with Gasteiger partial charge in [0.15, 0.2) is 0 Å². The molecule has 10 rings (SSSR count). The van der Waals surface area contributed by atoms with Gasteiger partial charge in [0.25, 0.3) is 0 Å². The van der Waals surface area contributed by atoms with Crippen LogP contribution in [0.25, 0.3) is 93.8 Å². The summed E-state index contributed by atoms with van der Waals surface area (Å²) in [4.78, 5) is 5.26. The van der Waals surface area contributed by atoms with E-state index in [2.05, 4.69) is 199 Å². The Bertz CT molecular complexity index is 2840. The van der Waals surface area contributed by atoms with E-state index in [0.717, 1.165) is 28.1 Å². The van der Waals surface area contributed by atoms with Crippen molar-refractivity contribution in [2.45, 2.75) is 0 Å². The topological polar surface area (TPSA) is 17.8 Å². The lowest BCUT2D eigenvalue weighted by Crippen LogP contribution is -2.00. The molecule has 0 spiro atoms. The van der Waals surface area contributed by atoms with E-state index in [9.17, 15) is 0 Å². The number of aromatic nitrogens is 2. The highest BCUT2D eigenvalue weighted by Gasteiger charge is 2.21. The Morgan fingerprint density at radius 1 is 0.333 bits per heavy atom. The summed E-state index contributed by atoms with van der Waals surface area (Å²) in [5, 5.41) is 7.40. The van der Waals surface area contributed by atoms with Crippen molar-refractivity contribution < 1.29 is 0 Å². The molecule has 9 aromatic carbocycles. The van der Waals surface area contributed by atoms with Crippen LogP contribution in [0, 0.1) is 0 Å². The highest BCUT2D eigenvalue weighted by molar-refractivity contribution is 6.24. The SMILES string of the molecule is c1ccc(-c2cccc(-c3nc4ccccc4n3-c3ccc(-c4c5ccccc5c(-c5ccccc5)c5ccccc45)c4ccccc34)c2)cc1. The summed E-state index contributed by atoms with van der Waals surface area (Å²) in [5.74, 6) is 0.926. The van der Waals surface area contributed by atoms with Crippen molar-refractivity contribution >= 4 is 43.4 Å². The molecule has 0 bridgehead atoms. The van der Waals surface area contributed by atoms with Crippen molar-refractivity contribution in [3.05, 3.63) is 194 Å². The molecule has 0 aliphatic rings. The molecular formula is C49H32N2. The zero-order valence-electron chi connectivity index (χ0n) is 27.9. The number of para-hydroxylation sites is 2. The summed E-state index contributed by atoms with van der Waals surface area (Å²) in [5.41, 5.74) is 11.6. The molecule has 0 aliphatic carbocycles. The first kappa shape index (κ1) is 29.2. The lowest BCUT2D eigenvalue weighted by molar-refractivity contribution is 1.12. The van der Waals surface area contributed by atoms with Crippen LogP contribution in [0.4, 0.5) is 0 Å². The molecule has 0 radical (unpaired) electrons. The number of rotatable bonds is 5. The van der Waals surface area contributed by atoms with Gasteiger partial charge in [-0.15, -0.1) is 0 Å². The minimum atomic E-state index is 0.926.